The van der Waals surface area contributed by atoms with E-state index in [1.54, 1.807) is 6.07 Å². The summed E-state index contributed by atoms with van der Waals surface area (Å²) in [6.07, 6.45) is 1.15. The van der Waals surface area contributed by atoms with Crippen LogP contribution in [0.25, 0.3) is 0 Å². The smallest absolute Gasteiger partial charge is 0.132 e. The predicted octanol–water partition coefficient (Wildman–Crippen LogP) is 3.00. The minimum absolute atomic E-state index is 0.124. The van der Waals surface area contributed by atoms with E-state index in [1.165, 1.54) is 0 Å². The predicted molar refractivity (Wildman–Crippen MR) is 80.7 cm³/mol. The Kier molecular flexibility index (Phi) is 4.87. The van der Waals surface area contributed by atoms with Crippen LogP contribution in [0.3, 0.4) is 0 Å². The van der Waals surface area contributed by atoms with Crippen molar-refractivity contribution in [3.63, 3.8) is 0 Å². The summed E-state index contributed by atoms with van der Waals surface area (Å²) < 4.78 is 14.5. The van der Waals surface area contributed by atoms with Crippen molar-refractivity contribution in [3.05, 3.63) is 35.1 Å². The van der Waals surface area contributed by atoms with Gasteiger partial charge in [-0.15, -0.1) is 0 Å². The molecule has 1 saturated heterocycles. The molecule has 0 radical (unpaired) electrons. The van der Waals surface area contributed by atoms with Crippen LogP contribution in [0.1, 0.15) is 31.4 Å². The number of thioether (sulfide) groups is 1. The van der Waals surface area contributed by atoms with Crippen LogP contribution < -0.4 is 5.73 Å². The average molecular weight is 282 g/mol. The molecule has 1 aliphatic heterocycles. The molecule has 0 atom stereocenters. The third kappa shape index (κ3) is 3.94. The molecular weight excluding hydrogens is 259 g/mol. The maximum Gasteiger partial charge on any atom is 0.132 e. The van der Waals surface area contributed by atoms with Crippen LogP contribution in [0.15, 0.2) is 18.2 Å². The number of halogens is 1. The van der Waals surface area contributed by atoms with Gasteiger partial charge in [-0.1, -0.05) is 32.0 Å². The van der Waals surface area contributed by atoms with E-state index in [1.807, 2.05) is 23.9 Å². The fourth-order valence-electron chi connectivity index (χ4n) is 2.37. The van der Waals surface area contributed by atoms with E-state index in [-0.39, 0.29) is 12.4 Å². The van der Waals surface area contributed by atoms with Gasteiger partial charge < -0.3 is 5.73 Å². The van der Waals surface area contributed by atoms with E-state index >= 15 is 0 Å². The molecule has 1 heterocycles. The molecule has 19 heavy (non-hydrogen) atoms. The first-order valence-corrected chi connectivity index (χ1v) is 7.83. The van der Waals surface area contributed by atoms with Gasteiger partial charge in [0.15, 0.2) is 0 Å². The summed E-state index contributed by atoms with van der Waals surface area (Å²) in [4.78, 5) is 2.35. The molecule has 1 aliphatic rings. The van der Waals surface area contributed by atoms with Crippen LogP contribution in [0.5, 0.6) is 0 Å². The maximum atomic E-state index is 14.2. The van der Waals surface area contributed by atoms with Gasteiger partial charge in [0.05, 0.1) is 0 Å². The van der Waals surface area contributed by atoms with E-state index in [0.29, 0.717) is 16.9 Å². The Morgan fingerprint density at radius 2 is 2.05 bits per heavy atom. The van der Waals surface area contributed by atoms with Gasteiger partial charge in [-0.25, -0.2) is 4.39 Å². The summed E-state index contributed by atoms with van der Waals surface area (Å²) >= 11 is 2.01. The highest BCUT2D eigenvalue weighted by Gasteiger charge is 2.24. The quantitative estimate of drug-likeness (QED) is 0.924. The van der Waals surface area contributed by atoms with Gasteiger partial charge in [-0.3, -0.25) is 4.90 Å². The molecule has 0 aliphatic carbocycles. The van der Waals surface area contributed by atoms with E-state index in [0.717, 1.165) is 30.8 Å². The Bertz CT molecular complexity index is 434. The lowest BCUT2D eigenvalue weighted by Gasteiger charge is -2.23. The van der Waals surface area contributed by atoms with Gasteiger partial charge in [-0.2, -0.15) is 11.8 Å². The van der Waals surface area contributed by atoms with Crippen LogP contribution in [0, 0.1) is 5.82 Å². The molecule has 1 fully saturated rings. The van der Waals surface area contributed by atoms with Gasteiger partial charge in [0, 0.05) is 41.3 Å². The summed E-state index contributed by atoms with van der Waals surface area (Å²) in [5, 5.41) is 0. The molecule has 2 rings (SSSR count). The number of hydrogen-bond acceptors (Lipinski definition) is 3. The van der Waals surface area contributed by atoms with Crippen molar-refractivity contribution in [2.75, 3.05) is 18.8 Å². The summed E-state index contributed by atoms with van der Waals surface area (Å²) in [5.41, 5.74) is 6.94. The van der Waals surface area contributed by atoms with Gasteiger partial charge in [0.25, 0.3) is 0 Å². The highest BCUT2D eigenvalue weighted by molar-refractivity contribution is 8.00. The van der Waals surface area contributed by atoms with Crippen molar-refractivity contribution in [2.24, 2.45) is 5.73 Å². The summed E-state index contributed by atoms with van der Waals surface area (Å²) in [7, 11) is 0. The molecule has 2 nitrogen and oxygen atoms in total. The third-order valence-corrected chi connectivity index (χ3v) is 5.08. The molecule has 0 unspecified atom stereocenters. The van der Waals surface area contributed by atoms with Crippen LogP contribution in [-0.2, 0) is 13.1 Å². The second kappa shape index (κ2) is 6.25. The van der Waals surface area contributed by atoms with Crippen LogP contribution >= 0.6 is 11.8 Å². The number of hydrogen-bond donors (Lipinski definition) is 1. The number of nitrogens with zero attached hydrogens (tertiary/aromatic N) is 1. The minimum Gasteiger partial charge on any atom is -0.326 e. The van der Waals surface area contributed by atoms with Crippen LogP contribution in [-0.4, -0.2) is 28.5 Å². The van der Waals surface area contributed by atoms with Crippen molar-refractivity contribution in [2.45, 2.75) is 38.1 Å². The standard InChI is InChI=1S/C15H23FN2S/c1-15(2)6-7-18(8-9-19-15)11-13-5-3-4-12(10-17)14(13)16/h3-5H,6-11,17H2,1-2H3. The van der Waals surface area contributed by atoms with Gasteiger partial charge in [-0.05, 0) is 13.0 Å². The molecule has 0 amide bonds. The normalized spacial score (nSPS) is 20.2. The molecule has 0 spiro atoms. The lowest BCUT2D eigenvalue weighted by molar-refractivity contribution is 0.272. The van der Waals surface area contributed by atoms with Crippen molar-refractivity contribution < 1.29 is 4.39 Å². The Balaban J connectivity index is 2.05. The Morgan fingerprint density at radius 1 is 1.32 bits per heavy atom. The van der Waals surface area contributed by atoms with Gasteiger partial charge in [0.1, 0.15) is 5.82 Å². The van der Waals surface area contributed by atoms with Crippen LogP contribution in [0.4, 0.5) is 4.39 Å². The summed E-state index contributed by atoms with van der Waals surface area (Å²) in [5.74, 6) is 0.992. The largest absolute Gasteiger partial charge is 0.326 e. The average Bonchev–Trinajstić information content (AvgIpc) is 2.54. The lowest BCUT2D eigenvalue weighted by Crippen LogP contribution is -2.27. The van der Waals surface area contributed by atoms with Crippen molar-refractivity contribution in [1.29, 1.82) is 0 Å². The molecule has 1 aromatic carbocycles. The van der Waals surface area contributed by atoms with E-state index in [9.17, 15) is 4.39 Å². The zero-order chi connectivity index (χ0) is 13.9. The molecular formula is C15H23FN2S. The first-order chi connectivity index (χ1) is 9.02. The van der Waals surface area contributed by atoms with Gasteiger partial charge >= 0.3 is 0 Å². The monoisotopic (exact) mass is 282 g/mol. The van der Waals surface area contributed by atoms with Crippen LogP contribution in [0.2, 0.25) is 0 Å². The molecule has 0 aromatic heterocycles. The fourth-order valence-corrected chi connectivity index (χ4v) is 3.51. The highest BCUT2D eigenvalue weighted by Crippen LogP contribution is 2.31. The second-order valence-corrected chi connectivity index (χ2v) is 7.53. The minimum atomic E-state index is -0.124. The third-order valence-electron chi connectivity index (χ3n) is 3.70. The maximum absolute atomic E-state index is 14.2. The summed E-state index contributed by atoms with van der Waals surface area (Å²) in [6, 6.07) is 5.54. The molecule has 2 N–H and O–H groups in total. The van der Waals surface area contributed by atoms with E-state index < -0.39 is 0 Å². The molecule has 0 bridgehead atoms. The molecule has 4 heteroatoms. The Hall–Kier alpha value is -0.580. The van der Waals surface area contributed by atoms with E-state index in [2.05, 4.69) is 18.7 Å². The Morgan fingerprint density at radius 3 is 2.79 bits per heavy atom. The first-order valence-electron chi connectivity index (χ1n) is 6.84. The van der Waals surface area contributed by atoms with Crippen molar-refractivity contribution in [3.8, 4) is 0 Å². The van der Waals surface area contributed by atoms with Gasteiger partial charge in [0.2, 0.25) is 0 Å². The zero-order valence-corrected chi connectivity index (χ0v) is 12.6. The highest BCUT2D eigenvalue weighted by atomic mass is 32.2. The fraction of sp³-hybridized carbons (Fsp3) is 0.600. The lowest BCUT2D eigenvalue weighted by atomic mass is 10.1. The molecule has 1 aromatic rings. The Labute approximate surface area is 119 Å². The SMILES string of the molecule is CC1(C)CCN(Cc2cccc(CN)c2F)CCS1. The number of nitrogens with two attached hydrogens (primary N) is 1. The number of rotatable bonds is 3. The topological polar surface area (TPSA) is 29.3 Å². The number of benzene rings is 1. The summed E-state index contributed by atoms with van der Waals surface area (Å²) in [6.45, 7) is 7.60. The molecule has 106 valence electrons. The first kappa shape index (κ1) is 14.8. The zero-order valence-electron chi connectivity index (χ0n) is 11.8. The van der Waals surface area contributed by atoms with Crippen molar-refractivity contribution >= 4 is 11.8 Å². The second-order valence-electron chi connectivity index (χ2n) is 5.73. The van der Waals surface area contributed by atoms with E-state index in [4.69, 9.17) is 5.73 Å². The van der Waals surface area contributed by atoms with Crippen molar-refractivity contribution in [1.82, 2.24) is 4.90 Å². The molecule has 0 saturated carbocycles.